The van der Waals surface area contributed by atoms with E-state index in [9.17, 15) is 13.2 Å². The Labute approximate surface area is 152 Å². The number of furan rings is 1. The van der Waals surface area contributed by atoms with E-state index in [0.717, 1.165) is 15.3 Å². The van der Waals surface area contributed by atoms with E-state index in [1.165, 1.54) is 11.9 Å². The second-order valence-electron chi connectivity index (χ2n) is 5.43. The molecule has 0 saturated carbocycles. The van der Waals surface area contributed by atoms with Crippen LogP contribution in [0.1, 0.15) is 10.6 Å². The van der Waals surface area contributed by atoms with Crippen LogP contribution in [0.15, 0.2) is 52.8 Å². The number of carbonyl (C=O) groups is 1. The monoisotopic (exact) mass is 382 g/mol. The molecule has 0 aliphatic carbocycles. The van der Waals surface area contributed by atoms with Gasteiger partial charge in [0.2, 0.25) is 10.0 Å². The fraction of sp³-hybridized carbons (Fsp3) is 0.235. The molecule has 1 aromatic carbocycles. The summed E-state index contributed by atoms with van der Waals surface area (Å²) in [5.41, 5.74) is 0.808. The SMILES string of the molecule is C=CS(=O)(=O)N(C)CCN(C)C(=O)c1ccc(-c2ccc(Cl)cc2)o1. The second-order valence-corrected chi connectivity index (χ2v) is 7.85. The van der Waals surface area contributed by atoms with Crippen molar-refractivity contribution in [2.75, 3.05) is 27.2 Å². The van der Waals surface area contributed by atoms with Crippen molar-refractivity contribution in [3.8, 4) is 11.3 Å². The van der Waals surface area contributed by atoms with Gasteiger partial charge in [-0.15, -0.1) is 0 Å². The molecule has 134 valence electrons. The van der Waals surface area contributed by atoms with Gasteiger partial charge in [0.05, 0.1) is 0 Å². The van der Waals surface area contributed by atoms with E-state index < -0.39 is 10.0 Å². The minimum Gasteiger partial charge on any atom is -0.451 e. The molecular weight excluding hydrogens is 364 g/mol. The van der Waals surface area contributed by atoms with Crippen LogP contribution >= 0.6 is 11.6 Å². The molecule has 8 heteroatoms. The average Bonchev–Trinajstić information content (AvgIpc) is 3.09. The van der Waals surface area contributed by atoms with Crippen LogP contribution in [0.25, 0.3) is 11.3 Å². The predicted molar refractivity (Wildman–Crippen MR) is 97.9 cm³/mol. The first-order valence-corrected chi connectivity index (χ1v) is 9.32. The molecule has 2 rings (SSSR count). The van der Waals surface area contributed by atoms with Gasteiger partial charge in [0.1, 0.15) is 5.76 Å². The highest BCUT2D eigenvalue weighted by Crippen LogP contribution is 2.24. The molecule has 0 unspecified atom stereocenters. The van der Waals surface area contributed by atoms with E-state index in [4.69, 9.17) is 16.0 Å². The van der Waals surface area contributed by atoms with Crippen molar-refractivity contribution in [1.82, 2.24) is 9.21 Å². The highest BCUT2D eigenvalue weighted by Gasteiger charge is 2.19. The lowest BCUT2D eigenvalue weighted by molar-refractivity contribution is 0.0760. The number of likely N-dealkylation sites (N-methyl/N-ethyl adjacent to an activating group) is 2. The predicted octanol–water partition coefficient (Wildman–Crippen LogP) is 3.08. The number of sulfonamides is 1. The summed E-state index contributed by atoms with van der Waals surface area (Å²) in [4.78, 5) is 13.8. The quantitative estimate of drug-likeness (QED) is 0.737. The Kier molecular flexibility index (Phi) is 6.05. The van der Waals surface area contributed by atoms with Crippen molar-refractivity contribution >= 4 is 27.5 Å². The molecular formula is C17H19ClN2O4S. The molecule has 1 heterocycles. The number of benzene rings is 1. The zero-order chi connectivity index (χ0) is 18.6. The Bertz CT molecular complexity index is 859. The molecule has 6 nitrogen and oxygen atoms in total. The van der Waals surface area contributed by atoms with Crippen LogP contribution in [0, 0.1) is 0 Å². The van der Waals surface area contributed by atoms with Crippen LogP contribution in [0.4, 0.5) is 0 Å². The number of hydrogen-bond donors (Lipinski definition) is 0. The first-order valence-electron chi connectivity index (χ1n) is 7.44. The van der Waals surface area contributed by atoms with Crippen molar-refractivity contribution in [2.24, 2.45) is 0 Å². The minimum absolute atomic E-state index is 0.154. The van der Waals surface area contributed by atoms with Crippen LogP contribution in [-0.4, -0.2) is 50.7 Å². The molecule has 0 spiro atoms. The van der Waals surface area contributed by atoms with Crippen LogP contribution in [0.5, 0.6) is 0 Å². The molecule has 25 heavy (non-hydrogen) atoms. The summed E-state index contributed by atoms with van der Waals surface area (Å²) in [6.45, 7) is 3.64. The molecule has 1 aromatic heterocycles. The molecule has 0 fully saturated rings. The third-order valence-corrected chi connectivity index (χ3v) is 5.41. The number of amides is 1. The Morgan fingerprint density at radius 2 is 1.80 bits per heavy atom. The fourth-order valence-corrected chi connectivity index (χ4v) is 2.77. The highest BCUT2D eigenvalue weighted by atomic mass is 35.5. The van der Waals surface area contributed by atoms with Gasteiger partial charge in [0.15, 0.2) is 5.76 Å². The number of halogens is 1. The van der Waals surface area contributed by atoms with E-state index in [-0.39, 0.29) is 24.8 Å². The topological polar surface area (TPSA) is 70.8 Å². The lowest BCUT2D eigenvalue weighted by Gasteiger charge is -2.20. The van der Waals surface area contributed by atoms with Crippen LogP contribution in [-0.2, 0) is 10.0 Å². The summed E-state index contributed by atoms with van der Waals surface area (Å²) in [5.74, 6) is 0.408. The van der Waals surface area contributed by atoms with E-state index in [2.05, 4.69) is 6.58 Å². The van der Waals surface area contributed by atoms with Gasteiger partial charge in [-0.2, -0.15) is 4.31 Å². The third kappa shape index (κ3) is 4.72. The zero-order valence-corrected chi connectivity index (χ0v) is 15.5. The van der Waals surface area contributed by atoms with Crippen molar-refractivity contribution in [3.05, 3.63) is 59.2 Å². The summed E-state index contributed by atoms with van der Waals surface area (Å²) in [6.07, 6.45) is 0. The standard InChI is InChI=1S/C17H19ClN2O4S/c1-4-25(22,23)20(3)12-11-19(2)17(21)16-10-9-15(24-16)13-5-7-14(18)8-6-13/h4-10H,1,11-12H2,2-3H3. The van der Waals surface area contributed by atoms with Gasteiger partial charge < -0.3 is 9.32 Å². The summed E-state index contributed by atoms with van der Waals surface area (Å²) < 4.78 is 30.0. The fourth-order valence-electron chi connectivity index (χ4n) is 2.06. The lowest BCUT2D eigenvalue weighted by Crippen LogP contribution is -2.36. The van der Waals surface area contributed by atoms with Crippen molar-refractivity contribution < 1.29 is 17.6 Å². The Hall–Kier alpha value is -2.09. The van der Waals surface area contributed by atoms with Gasteiger partial charge in [-0.05, 0) is 36.4 Å². The lowest BCUT2D eigenvalue weighted by atomic mass is 10.2. The molecule has 0 radical (unpaired) electrons. The number of rotatable bonds is 7. The van der Waals surface area contributed by atoms with E-state index in [1.54, 1.807) is 43.4 Å². The minimum atomic E-state index is -3.49. The molecule has 1 amide bonds. The largest absolute Gasteiger partial charge is 0.451 e. The van der Waals surface area contributed by atoms with Gasteiger partial charge in [-0.25, -0.2) is 8.42 Å². The van der Waals surface area contributed by atoms with Crippen LogP contribution in [0.2, 0.25) is 5.02 Å². The number of carbonyl (C=O) groups excluding carboxylic acids is 1. The Morgan fingerprint density at radius 3 is 2.40 bits per heavy atom. The Balaban J connectivity index is 2.03. The zero-order valence-electron chi connectivity index (χ0n) is 14.0. The summed E-state index contributed by atoms with van der Waals surface area (Å²) in [6, 6.07) is 10.4. The van der Waals surface area contributed by atoms with Gasteiger partial charge in [-0.1, -0.05) is 18.2 Å². The molecule has 0 bridgehead atoms. The van der Waals surface area contributed by atoms with E-state index in [1.807, 2.05) is 0 Å². The van der Waals surface area contributed by atoms with Crippen molar-refractivity contribution in [3.63, 3.8) is 0 Å². The first-order chi connectivity index (χ1) is 11.7. The summed E-state index contributed by atoms with van der Waals surface area (Å²) in [5, 5.41) is 1.49. The van der Waals surface area contributed by atoms with Gasteiger partial charge in [0, 0.05) is 43.2 Å². The van der Waals surface area contributed by atoms with E-state index in [0.29, 0.717) is 10.8 Å². The highest BCUT2D eigenvalue weighted by molar-refractivity contribution is 7.91. The molecule has 0 N–H and O–H groups in total. The maximum Gasteiger partial charge on any atom is 0.289 e. The average molecular weight is 383 g/mol. The van der Waals surface area contributed by atoms with E-state index >= 15 is 0 Å². The summed E-state index contributed by atoms with van der Waals surface area (Å²) >= 11 is 5.85. The van der Waals surface area contributed by atoms with Crippen LogP contribution in [0.3, 0.4) is 0 Å². The number of nitrogens with zero attached hydrogens (tertiary/aromatic N) is 2. The van der Waals surface area contributed by atoms with Gasteiger partial charge in [-0.3, -0.25) is 4.79 Å². The Morgan fingerprint density at radius 1 is 1.16 bits per heavy atom. The van der Waals surface area contributed by atoms with Crippen molar-refractivity contribution in [2.45, 2.75) is 0 Å². The third-order valence-electron chi connectivity index (χ3n) is 3.69. The number of hydrogen-bond acceptors (Lipinski definition) is 4. The molecule has 0 aliphatic rings. The normalized spacial score (nSPS) is 11.5. The first kappa shape index (κ1) is 19.2. The van der Waals surface area contributed by atoms with Crippen molar-refractivity contribution in [1.29, 1.82) is 0 Å². The second kappa shape index (κ2) is 7.86. The van der Waals surface area contributed by atoms with Crippen LogP contribution < -0.4 is 0 Å². The molecule has 0 saturated heterocycles. The molecule has 0 aliphatic heterocycles. The smallest absolute Gasteiger partial charge is 0.289 e. The maximum atomic E-state index is 12.4. The van der Waals surface area contributed by atoms with Gasteiger partial charge in [0.25, 0.3) is 5.91 Å². The molecule has 2 aromatic rings. The maximum absolute atomic E-state index is 12.4. The molecule has 0 atom stereocenters. The van der Waals surface area contributed by atoms with Gasteiger partial charge >= 0.3 is 0 Å². The summed E-state index contributed by atoms with van der Waals surface area (Å²) in [7, 11) is -0.479.